The zero-order chi connectivity index (χ0) is 15.1. The molecule has 1 rings (SSSR count). The van der Waals surface area contributed by atoms with Crippen LogP contribution in [0.1, 0.15) is 10.4 Å². The largest absolute Gasteiger partial charge is 0.600 e. The van der Waals surface area contributed by atoms with E-state index < -0.39 is 27.3 Å². The van der Waals surface area contributed by atoms with E-state index >= 15 is 0 Å². The van der Waals surface area contributed by atoms with E-state index in [2.05, 4.69) is 5.10 Å². The van der Waals surface area contributed by atoms with Gasteiger partial charge in [0.05, 0.1) is 6.21 Å². The van der Waals surface area contributed by atoms with Gasteiger partial charge in [0, 0.05) is 5.56 Å². The van der Waals surface area contributed by atoms with E-state index in [0.717, 1.165) is 6.21 Å². The molecule has 0 saturated carbocycles. The van der Waals surface area contributed by atoms with E-state index in [4.69, 9.17) is 5.73 Å². The molecule has 0 aromatic heterocycles. The SMILES string of the molecule is NC(N/N=C\C(=O)c1ccccc1)=C([N+](=O)[O-])[N+](=O)[O-]. The maximum absolute atomic E-state index is 11.5. The molecule has 0 radical (unpaired) electrons. The maximum Gasteiger partial charge on any atom is 0.600 e. The smallest absolute Gasteiger partial charge is 0.372 e. The highest BCUT2D eigenvalue weighted by Gasteiger charge is 2.30. The zero-order valence-electron chi connectivity index (χ0n) is 9.92. The molecule has 0 spiro atoms. The lowest BCUT2D eigenvalue weighted by Crippen LogP contribution is -2.25. The van der Waals surface area contributed by atoms with Gasteiger partial charge in [-0.25, -0.2) is 0 Å². The van der Waals surface area contributed by atoms with E-state index in [9.17, 15) is 25.0 Å². The van der Waals surface area contributed by atoms with Crippen molar-refractivity contribution in [2.24, 2.45) is 10.8 Å². The van der Waals surface area contributed by atoms with Gasteiger partial charge in [-0.1, -0.05) is 30.3 Å². The van der Waals surface area contributed by atoms with Crippen LogP contribution in [0.15, 0.2) is 47.1 Å². The molecule has 0 amide bonds. The molecule has 0 bridgehead atoms. The number of nitrogens with one attached hydrogen (secondary N) is 1. The summed E-state index contributed by atoms with van der Waals surface area (Å²) in [6.07, 6.45) is 0.805. The fourth-order valence-corrected chi connectivity index (χ4v) is 1.15. The third-order valence-electron chi connectivity index (χ3n) is 2.01. The van der Waals surface area contributed by atoms with Crippen LogP contribution >= 0.6 is 0 Å². The predicted molar refractivity (Wildman–Crippen MR) is 67.6 cm³/mol. The third-order valence-corrected chi connectivity index (χ3v) is 2.01. The van der Waals surface area contributed by atoms with Gasteiger partial charge in [0.25, 0.3) is 5.82 Å². The summed E-state index contributed by atoms with van der Waals surface area (Å²) in [5.41, 5.74) is 7.31. The number of rotatable bonds is 6. The molecule has 0 heterocycles. The Labute approximate surface area is 111 Å². The fourth-order valence-electron chi connectivity index (χ4n) is 1.15. The molecule has 20 heavy (non-hydrogen) atoms. The summed E-state index contributed by atoms with van der Waals surface area (Å²) in [7, 11) is 0. The van der Waals surface area contributed by atoms with Gasteiger partial charge < -0.3 is 5.73 Å². The Morgan fingerprint density at radius 2 is 1.75 bits per heavy atom. The number of nitro groups is 2. The van der Waals surface area contributed by atoms with Gasteiger partial charge in [0.2, 0.25) is 5.78 Å². The normalized spacial score (nSPS) is 10.0. The van der Waals surface area contributed by atoms with E-state index in [-0.39, 0.29) is 0 Å². The molecular weight excluding hydrogens is 270 g/mol. The molecule has 104 valence electrons. The number of hydrazone groups is 1. The summed E-state index contributed by atoms with van der Waals surface area (Å²) in [6.45, 7) is 0. The fraction of sp³-hybridized carbons (Fsp3) is 0. The standard InChI is InChI=1S/C10H9N5O5/c11-9(10(14(17)18)15(19)20)13-12-6-8(16)7-4-2-1-3-5-7/h1-6,13H,11H2/b12-6-. The molecular formula is C10H9N5O5. The molecule has 10 nitrogen and oxygen atoms in total. The molecule has 1 aromatic carbocycles. The van der Waals surface area contributed by atoms with E-state index in [1.54, 1.807) is 18.2 Å². The minimum absolute atomic E-state index is 0.337. The Morgan fingerprint density at radius 3 is 2.25 bits per heavy atom. The van der Waals surface area contributed by atoms with Crippen molar-refractivity contribution >= 4 is 12.0 Å². The molecule has 0 unspecified atom stereocenters. The van der Waals surface area contributed by atoms with Crippen molar-refractivity contribution in [3.8, 4) is 0 Å². The number of Topliss-reactive ketones (excluding diaryl/α,β-unsaturated/α-hetero) is 1. The Kier molecular flexibility index (Phi) is 4.86. The van der Waals surface area contributed by atoms with Crippen LogP contribution in [0, 0.1) is 20.2 Å². The first-order valence-electron chi connectivity index (χ1n) is 5.10. The summed E-state index contributed by atoms with van der Waals surface area (Å²) in [5.74, 6) is -2.82. The first kappa shape index (κ1) is 14.8. The molecule has 10 heteroatoms. The van der Waals surface area contributed by atoms with Gasteiger partial charge >= 0.3 is 5.82 Å². The monoisotopic (exact) mass is 279 g/mol. The summed E-state index contributed by atoms with van der Waals surface area (Å²) >= 11 is 0. The lowest BCUT2D eigenvalue weighted by atomic mass is 10.1. The summed E-state index contributed by atoms with van der Waals surface area (Å²) in [4.78, 5) is 29.8. The van der Waals surface area contributed by atoms with Crippen molar-refractivity contribution in [2.75, 3.05) is 0 Å². The van der Waals surface area contributed by atoms with Crippen molar-refractivity contribution < 1.29 is 14.6 Å². The second-order valence-corrected chi connectivity index (χ2v) is 3.35. The van der Waals surface area contributed by atoms with Crippen LogP contribution in [0.2, 0.25) is 0 Å². The summed E-state index contributed by atoms with van der Waals surface area (Å²) < 4.78 is 0. The number of nitrogens with zero attached hydrogens (tertiary/aromatic N) is 3. The molecule has 0 fully saturated rings. The van der Waals surface area contributed by atoms with Crippen LogP contribution in [0.4, 0.5) is 0 Å². The molecule has 0 aliphatic carbocycles. The minimum Gasteiger partial charge on any atom is -0.372 e. The molecule has 0 aliphatic heterocycles. The molecule has 0 atom stereocenters. The van der Waals surface area contributed by atoms with Crippen LogP contribution in [0.25, 0.3) is 0 Å². The van der Waals surface area contributed by atoms with Crippen LogP contribution < -0.4 is 11.2 Å². The molecule has 0 saturated heterocycles. The average Bonchev–Trinajstić information content (AvgIpc) is 2.38. The Hall–Kier alpha value is -3.30. The maximum atomic E-state index is 11.5. The van der Waals surface area contributed by atoms with E-state index in [1.165, 1.54) is 12.1 Å². The second kappa shape index (κ2) is 6.58. The van der Waals surface area contributed by atoms with Crippen LogP contribution in [-0.4, -0.2) is 21.8 Å². The number of benzene rings is 1. The van der Waals surface area contributed by atoms with Crippen molar-refractivity contribution in [1.82, 2.24) is 5.43 Å². The zero-order valence-corrected chi connectivity index (χ0v) is 9.92. The molecule has 0 aliphatic rings. The average molecular weight is 279 g/mol. The Balaban J connectivity index is 2.78. The van der Waals surface area contributed by atoms with Gasteiger partial charge in [-0.15, -0.1) is 0 Å². The highest BCUT2D eigenvalue weighted by atomic mass is 16.7. The van der Waals surface area contributed by atoms with Gasteiger partial charge in [-0.2, -0.15) is 5.10 Å². The van der Waals surface area contributed by atoms with E-state index in [0.29, 0.717) is 5.56 Å². The third kappa shape index (κ3) is 3.87. The first-order chi connectivity index (χ1) is 9.43. The second-order valence-electron chi connectivity index (χ2n) is 3.35. The van der Waals surface area contributed by atoms with Crippen LogP contribution in [0.5, 0.6) is 0 Å². The number of ketones is 1. The van der Waals surface area contributed by atoms with Gasteiger partial charge in [0.1, 0.15) is 9.85 Å². The number of carbonyl (C=O) groups is 1. The van der Waals surface area contributed by atoms with Crippen molar-refractivity contribution in [3.63, 3.8) is 0 Å². The highest BCUT2D eigenvalue weighted by molar-refractivity contribution is 6.35. The Morgan fingerprint density at radius 1 is 1.20 bits per heavy atom. The van der Waals surface area contributed by atoms with Crippen molar-refractivity contribution in [3.05, 3.63) is 67.8 Å². The highest BCUT2D eigenvalue weighted by Crippen LogP contribution is 1.99. The predicted octanol–water partition coefficient (Wildman–Crippen LogP) is 0.0834. The van der Waals surface area contributed by atoms with Crippen molar-refractivity contribution in [1.29, 1.82) is 0 Å². The quantitative estimate of drug-likeness (QED) is 0.323. The van der Waals surface area contributed by atoms with Crippen LogP contribution in [-0.2, 0) is 0 Å². The Bertz CT molecular complexity index is 579. The number of nitrogens with two attached hydrogens (primary N) is 1. The lowest BCUT2D eigenvalue weighted by molar-refractivity contribution is -0.617. The molecule has 1 aromatic rings. The van der Waals surface area contributed by atoms with Gasteiger partial charge in [-0.05, 0) is 0 Å². The topological polar surface area (TPSA) is 154 Å². The number of hydrogen-bond acceptors (Lipinski definition) is 8. The summed E-state index contributed by atoms with van der Waals surface area (Å²) in [5, 5.41) is 24.1. The lowest BCUT2D eigenvalue weighted by Gasteiger charge is -1.97. The molecule has 3 N–H and O–H groups in total. The van der Waals surface area contributed by atoms with Gasteiger partial charge in [0.15, 0.2) is 0 Å². The van der Waals surface area contributed by atoms with E-state index in [1.807, 2.05) is 5.43 Å². The van der Waals surface area contributed by atoms with Gasteiger partial charge in [-0.3, -0.25) is 30.4 Å². The number of carbonyl (C=O) groups excluding carboxylic acids is 1. The number of hydrogen-bond donors (Lipinski definition) is 2. The van der Waals surface area contributed by atoms with Crippen molar-refractivity contribution in [2.45, 2.75) is 0 Å². The van der Waals surface area contributed by atoms with Crippen LogP contribution in [0.3, 0.4) is 0 Å². The summed E-state index contributed by atoms with van der Waals surface area (Å²) in [6, 6.07) is 8.06. The minimum atomic E-state index is -1.45. The first-order valence-corrected chi connectivity index (χ1v) is 5.10.